The van der Waals surface area contributed by atoms with Crippen LogP contribution in [0.2, 0.25) is 0 Å². The van der Waals surface area contributed by atoms with Crippen LogP contribution in [-0.2, 0) is 16.1 Å². The number of amides is 1. The van der Waals surface area contributed by atoms with Gasteiger partial charge in [0.1, 0.15) is 11.9 Å². The first kappa shape index (κ1) is 23.9. The molecule has 1 unspecified atom stereocenters. The number of benzene rings is 2. The van der Waals surface area contributed by atoms with Crippen molar-refractivity contribution >= 4 is 47.2 Å². The average molecular weight is 524 g/mol. The van der Waals surface area contributed by atoms with Gasteiger partial charge in [0.25, 0.3) is 5.91 Å². The van der Waals surface area contributed by atoms with Crippen molar-refractivity contribution in [1.82, 2.24) is 0 Å². The van der Waals surface area contributed by atoms with Crippen molar-refractivity contribution in [3.05, 3.63) is 54.1 Å². The number of ether oxygens (including phenoxy) is 2. The van der Waals surface area contributed by atoms with Gasteiger partial charge >= 0.3 is 0 Å². The fourth-order valence-corrected chi connectivity index (χ4v) is 3.01. The number of rotatable bonds is 7. The summed E-state index contributed by atoms with van der Waals surface area (Å²) in [7, 11) is 0. The fraction of sp³-hybridized carbons (Fsp3) is 0.364. The van der Waals surface area contributed by atoms with Crippen molar-refractivity contribution in [3.8, 4) is 5.75 Å². The third-order valence-corrected chi connectivity index (χ3v) is 4.35. The summed E-state index contributed by atoms with van der Waals surface area (Å²) in [5.74, 6) is 1.02. The number of carbonyl (C=O) groups is 1. The van der Waals surface area contributed by atoms with Gasteiger partial charge in [-0.2, -0.15) is 0 Å². The Bertz CT molecular complexity index is 850. The van der Waals surface area contributed by atoms with Gasteiger partial charge in [0.2, 0.25) is 0 Å². The van der Waals surface area contributed by atoms with Crippen molar-refractivity contribution < 1.29 is 14.3 Å². The van der Waals surface area contributed by atoms with Crippen LogP contribution in [0.3, 0.4) is 0 Å². The van der Waals surface area contributed by atoms with Crippen LogP contribution in [0.25, 0.3) is 0 Å². The van der Waals surface area contributed by atoms with Crippen LogP contribution in [0.15, 0.2) is 53.5 Å². The molecule has 2 aromatic carbocycles. The summed E-state index contributed by atoms with van der Waals surface area (Å²) in [6.07, 6.45) is 1.47. The Labute approximate surface area is 194 Å². The highest BCUT2D eigenvalue weighted by atomic mass is 127. The fourth-order valence-electron chi connectivity index (χ4n) is 3.01. The van der Waals surface area contributed by atoms with Gasteiger partial charge < -0.3 is 25.8 Å². The number of aliphatic imine (C=N–C) groups is 1. The van der Waals surface area contributed by atoms with Crippen LogP contribution in [0.4, 0.5) is 11.4 Å². The summed E-state index contributed by atoms with van der Waals surface area (Å²) in [6, 6.07) is 15.1. The average Bonchev–Trinajstić information content (AvgIpc) is 3.23. The largest absolute Gasteiger partial charge is 0.491 e. The lowest BCUT2D eigenvalue weighted by molar-refractivity contribution is -0.124. The molecule has 1 aliphatic rings. The number of carbonyl (C=O) groups excluding carboxylic acids is 1. The first-order valence-corrected chi connectivity index (χ1v) is 9.84. The van der Waals surface area contributed by atoms with E-state index in [1.807, 2.05) is 62.4 Å². The Hall–Kier alpha value is -2.33. The zero-order chi connectivity index (χ0) is 20.6. The van der Waals surface area contributed by atoms with E-state index in [1.54, 1.807) is 0 Å². The Morgan fingerprint density at radius 1 is 1.20 bits per heavy atom. The van der Waals surface area contributed by atoms with Gasteiger partial charge in [-0.3, -0.25) is 4.79 Å². The summed E-state index contributed by atoms with van der Waals surface area (Å²) in [4.78, 5) is 16.5. The van der Waals surface area contributed by atoms with E-state index in [-0.39, 0.29) is 42.1 Å². The molecule has 0 aromatic heterocycles. The molecule has 1 atom stereocenters. The van der Waals surface area contributed by atoms with Crippen LogP contribution in [0.1, 0.15) is 32.3 Å². The SMILES string of the molecule is CC(C)Oc1ccc(NC(N)=NCc2cccc(NC(=O)C3CCCO3)c2)cc1.I. The van der Waals surface area contributed by atoms with Gasteiger partial charge in [-0.1, -0.05) is 12.1 Å². The van der Waals surface area contributed by atoms with E-state index in [4.69, 9.17) is 15.2 Å². The third-order valence-electron chi connectivity index (χ3n) is 4.35. The van der Waals surface area contributed by atoms with E-state index in [9.17, 15) is 4.79 Å². The minimum Gasteiger partial charge on any atom is -0.491 e. The second kappa shape index (κ2) is 11.8. The van der Waals surface area contributed by atoms with Crippen molar-refractivity contribution in [2.75, 3.05) is 17.2 Å². The van der Waals surface area contributed by atoms with Gasteiger partial charge in [0.05, 0.1) is 12.6 Å². The Morgan fingerprint density at radius 2 is 1.97 bits per heavy atom. The first-order valence-electron chi connectivity index (χ1n) is 9.84. The highest BCUT2D eigenvalue weighted by Gasteiger charge is 2.23. The van der Waals surface area contributed by atoms with E-state index < -0.39 is 0 Å². The second-order valence-corrected chi connectivity index (χ2v) is 7.21. The number of nitrogens with two attached hydrogens (primary N) is 1. The number of nitrogens with one attached hydrogen (secondary N) is 2. The predicted molar refractivity (Wildman–Crippen MR) is 131 cm³/mol. The minimum absolute atomic E-state index is 0. The lowest BCUT2D eigenvalue weighted by Gasteiger charge is -2.11. The molecule has 4 N–H and O–H groups in total. The van der Waals surface area contributed by atoms with Crippen molar-refractivity contribution in [3.63, 3.8) is 0 Å². The van der Waals surface area contributed by atoms with Crippen LogP contribution >= 0.6 is 24.0 Å². The number of hydrogen-bond donors (Lipinski definition) is 3. The zero-order valence-electron chi connectivity index (χ0n) is 17.3. The third kappa shape index (κ3) is 7.49. The molecule has 1 heterocycles. The molecule has 0 aliphatic carbocycles. The van der Waals surface area contributed by atoms with Crippen molar-refractivity contribution in [2.45, 2.75) is 45.4 Å². The van der Waals surface area contributed by atoms with Gasteiger partial charge in [-0.05, 0) is 68.7 Å². The molecule has 1 fully saturated rings. The first-order chi connectivity index (χ1) is 14.0. The quantitative estimate of drug-likeness (QED) is 0.288. The number of halogens is 1. The highest BCUT2D eigenvalue weighted by Crippen LogP contribution is 2.18. The van der Waals surface area contributed by atoms with Gasteiger partial charge in [-0.15, -0.1) is 24.0 Å². The number of anilines is 2. The molecular formula is C22H29IN4O3. The van der Waals surface area contributed by atoms with Crippen molar-refractivity contribution in [2.24, 2.45) is 10.7 Å². The molecule has 0 saturated carbocycles. The van der Waals surface area contributed by atoms with Crippen molar-refractivity contribution in [1.29, 1.82) is 0 Å². The van der Waals surface area contributed by atoms with Crippen LogP contribution in [-0.4, -0.2) is 30.7 Å². The molecule has 8 heteroatoms. The molecular weight excluding hydrogens is 495 g/mol. The number of hydrogen-bond acceptors (Lipinski definition) is 4. The monoisotopic (exact) mass is 524 g/mol. The van der Waals surface area contributed by atoms with E-state index in [0.717, 1.165) is 35.5 Å². The predicted octanol–water partition coefficient (Wildman–Crippen LogP) is 4.14. The summed E-state index contributed by atoms with van der Waals surface area (Å²) in [6.45, 7) is 5.02. The molecule has 0 bridgehead atoms. The second-order valence-electron chi connectivity index (χ2n) is 7.21. The molecule has 0 spiro atoms. The number of nitrogens with zero attached hydrogens (tertiary/aromatic N) is 1. The summed E-state index contributed by atoms with van der Waals surface area (Å²) < 4.78 is 11.0. The van der Waals surface area contributed by atoms with E-state index in [2.05, 4.69) is 15.6 Å². The molecule has 0 radical (unpaired) electrons. The Balaban J connectivity index is 0.00000320. The van der Waals surface area contributed by atoms with Crippen LogP contribution in [0, 0.1) is 0 Å². The topological polar surface area (TPSA) is 98.0 Å². The maximum atomic E-state index is 12.2. The minimum atomic E-state index is -0.353. The standard InChI is InChI=1S/C22H28N4O3.HI/c1-15(2)29-19-10-8-17(9-11-19)26-22(23)24-14-16-5-3-6-18(13-16)25-21(27)20-7-4-12-28-20;/h3,5-6,8-11,13,15,20H,4,7,12,14H2,1-2H3,(H,25,27)(H3,23,24,26);1H. The summed E-state index contributed by atoms with van der Waals surface area (Å²) in [5.41, 5.74) is 8.50. The van der Waals surface area contributed by atoms with Gasteiger partial charge in [0.15, 0.2) is 5.96 Å². The smallest absolute Gasteiger partial charge is 0.253 e. The number of guanidine groups is 1. The Kier molecular flexibility index (Phi) is 9.38. The molecule has 1 amide bonds. The lowest BCUT2D eigenvalue weighted by Crippen LogP contribution is -2.26. The summed E-state index contributed by atoms with van der Waals surface area (Å²) in [5, 5.41) is 5.96. The zero-order valence-corrected chi connectivity index (χ0v) is 19.6. The van der Waals surface area contributed by atoms with Gasteiger partial charge in [-0.25, -0.2) is 4.99 Å². The summed E-state index contributed by atoms with van der Waals surface area (Å²) >= 11 is 0. The molecule has 7 nitrogen and oxygen atoms in total. The normalized spacial score (nSPS) is 16.1. The van der Waals surface area contributed by atoms with E-state index >= 15 is 0 Å². The molecule has 162 valence electrons. The van der Waals surface area contributed by atoms with E-state index in [0.29, 0.717) is 19.1 Å². The van der Waals surface area contributed by atoms with Gasteiger partial charge in [0, 0.05) is 18.0 Å². The maximum Gasteiger partial charge on any atom is 0.253 e. The molecule has 30 heavy (non-hydrogen) atoms. The van der Waals surface area contributed by atoms with Crippen LogP contribution in [0.5, 0.6) is 5.75 Å². The molecule has 1 aliphatic heterocycles. The molecule has 2 aromatic rings. The highest BCUT2D eigenvalue weighted by molar-refractivity contribution is 14.0. The Morgan fingerprint density at radius 3 is 2.63 bits per heavy atom. The molecule has 3 rings (SSSR count). The maximum absolute atomic E-state index is 12.2. The van der Waals surface area contributed by atoms with E-state index in [1.165, 1.54) is 0 Å². The lowest BCUT2D eigenvalue weighted by atomic mass is 10.2. The molecule has 1 saturated heterocycles. The van der Waals surface area contributed by atoms with Crippen LogP contribution < -0.4 is 21.1 Å².